The summed E-state index contributed by atoms with van der Waals surface area (Å²) in [4.78, 5) is 22.1. The molecule has 1 aromatic rings. The molecule has 0 unspecified atom stereocenters. The van der Waals surface area contributed by atoms with Crippen LogP contribution in [0.15, 0.2) is 34.3 Å². The number of hydrogen-bond donors (Lipinski definition) is 1. The van der Waals surface area contributed by atoms with Crippen molar-refractivity contribution in [3.8, 4) is 0 Å². The number of carbonyl (C=O) groups excluding carboxylic acids is 1. The van der Waals surface area contributed by atoms with Gasteiger partial charge in [0.15, 0.2) is 5.57 Å². The van der Waals surface area contributed by atoms with E-state index in [1.165, 1.54) is 0 Å². The van der Waals surface area contributed by atoms with Crippen LogP contribution < -0.4 is 0 Å². The molecule has 0 spiro atoms. The van der Waals surface area contributed by atoms with Crippen molar-refractivity contribution in [3.05, 3.63) is 39.9 Å². The molecule has 0 saturated heterocycles. The summed E-state index contributed by atoms with van der Waals surface area (Å²) in [5, 5.41) is 8.90. The van der Waals surface area contributed by atoms with Gasteiger partial charge in [-0.15, -0.1) is 0 Å². The molecule has 0 saturated carbocycles. The molecule has 0 aromatic heterocycles. The van der Waals surface area contributed by atoms with Crippen molar-refractivity contribution in [2.24, 2.45) is 0 Å². The Morgan fingerprint density at radius 1 is 1.31 bits per heavy atom. The second-order valence-corrected chi connectivity index (χ2v) is 4.16. The first kappa shape index (κ1) is 10.9. The Bertz CT molecular complexity index is 487. The van der Waals surface area contributed by atoms with Crippen LogP contribution in [0.4, 0.5) is 0 Å². The SMILES string of the molecule is O=C(O)C1=C(c2ccc(Br)cc2)COC1=O. The quantitative estimate of drug-likeness (QED) is 0.664. The van der Waals surface area contributed by atoms with Gasteiger partial charge in [-0.1, -0.05) is 28.1 Å². The van der Waals surface area contributed by atoms with Gasteiger partial charge in [0, 0.05) is 10.0 Å². The van der Waals surface area contributed by atoms with Crippen molar-refractivity contribution >= 4 is 33.4 Å². The average molecular weight is 283 g/mol. The van der Waals surface area contributed by atoms with E-state index in [4.69, 9.17) is 9.84 Å². The number of rotatable bonds is 2. The molecular formula is C11H7BrO4. The Hall–Kier alpha value is -1.62. The van der Waals surface area contributed by atoms with E-state index in [1.807, 2.05) is 0 Å². The lowest BCUT2D eigenvalue weighted by molar-refractivity contribution is -0.141. The maximum absolute atomic E-state index is 11.2. The van der Waals surface area contributed by atoms with E-state index in [1.54, 1.807) is 24.3 Å². The van der Waals surface area contributed by atoms with E-state index in [0.29, 0.717) is 11.1 Å². The molecule has 0 amide bonds. The molecule has 4 nitrogen and oxygen atoms in total. The number of esters is 1. The van der Waals surface area contributed by atoms with E-state index in [2.05, 4.69) is 15.9 Å². The minimum absolute atomic E-state index is 0.0160. The van der Waals surface area contributed by atoms with Crippen LogP contribution in [-0.2, 0) is 14.3 Å². The number of halogens is 1. The Balaban J connectivity index is 2.50. The molecule has 1 aliphatic heterocycles. The van der Waals surface area contributed by atoms with E-state index in [0.717, 1.165) is 4.47 Å². The van der Waals surface area contributed by atoms with Gasteiger partial charge in [0.1, 0.15) is 6.61 Å². The molecule has 0 fully saturated rings. The maximum atomic E-state index is 11.2. The van der Waals surface area contributed by atoms with Gasteiger partial charge in [0.2, 0.25) is 0 Å². The number of benzene rings is 1. The zero-order chi connectivity index (χ0) is 11.7. The summed E-state index contributed by atoms with van der Waals surface area (Å²) < 4.78 is 5.61. The highest BCUT2D eigenvalue weighted by molar-refractivity contribution is 9.10. The summed E-state index contributed by atoms with van der Waals surface area (Å²) in [5.74, 6) is -2.02. The summed E-state index contributed by atoms with van der Waals surface area (Å²) in [6, 6.07) is 7.05. The summed E-state index contributed by atoms with van der Waals surface area (Å²) in [7, 11) is 0. The zero-order valence-corrected chi connectivity index (χ0v) is 9.65. The topological polar surface area (TPSA) is 63.6 Å². The Morgan fingerprint density at radius 2 is 1.94 bits per heavy atom. The van der Waals surface area contributed by atoms with E-state index >= 15 is 0 Å². The second kappa shape index (κ2) is 4.09. The standard InChI is InChI=1S/C11H7BrO4/c12-7-3-1-6(2-4-7)8-5-16-11(15)9(8)10(13)14/h1-4H,5H2,(H,13,14). The van der Waals surface area contributed by atoms with Gasteiger partial charge in [-0.05, 0) is 17.7 Å². The molecule has 0 aliphatic carbocycles. The number of carboxylic acid groups (broad SMARTS) is 1. The van der Waals surface area contributed by atoms with Gasteiger partial charge in [0.25, 0.3) is 0 Å². The van der Waals surface area contributed by atoms with Crippen LogP contribution in [0, 0.1) is 0 Å². The van der Waals surface area contributed by atoms with Gasteiger partial charge >= 0.3 is 11.9 Å². The van der Waals surface area contributed by atoms with Crippen LogP contribution in [0.2, 0.25) is 0 Å². The van der Waals surface area contributed by atoms with Crippen LogP contribution in [0.1, 0.15) is 5.56 Å². The third-order valence-corrected chi connectivity index (χ3v) is 2.79. The highest BCUT2D eigenvalue weighted by Crippen LogP contribution is 2.27. The molecule has 82 valence electrons. The monoisotopic (exact) mass is 282 g/mol. The van der Waals surface area contributed by atoms with Crippen molar-refractivity contribution in [2.75, 3.05) is 6.61 Å². The minimum atomic E-state index is -1.25. The van der Waals surface area contributed by atoms with Gasteiger partial charge < -0.3 is 9.84 Å². The fourth-order valence-corrected chi connectivity index (χ4v) is 1.76. The molecule has 2 rings (SSSR count). The molecule has 0 atom stereocenters. The molecule has 16 heavy (non-hydrogen) atoms. The van der Waals surface area contributed by atoms with Crippen LogP contribution in [-0.4, -0.2) is 23.7 Å². The fraction of sp³-hybridized carbons (Fsp3) is 0.0909. The Kier molecular flexibility index (Phi) is 2.78. The van der Waals surface area contributed by atoms with Crippen molar-refractivity contribution in [1.29, 1.82) is 0 Å². The van der Waals surface area contributed by atoms with E-state index in [-0.39, 0.29) is 12.2 Å². The number of hydrogen-bond acceptors (Lipinski definition) is 3. The van der Waals surface area contributed by atoms with E-state index in [9.17, 15) is 9.59 Å². The first-order valence-electron chi connectivity index (χ1n) is 4.49. The van der Waals surface area contributed by atoms with Crippen LogP contribution >= 0.6 is 15.9 Å². The number of carbonyl (C=O) groups is 2. The number of ether oxygens (including phenoxy) is 1. The summed E-state index contributed by atoms with van der Waals surface area (Å²) >= 11 is 3.28. The highest BCUT2D eigenvalue weighted by atomic mass is 79.9. The van der Waals surface area contributed by atoms with Crippen molar-refractivity contribution in [2.45, 2.75) is 0 Å². The van der Waals surface area contributed by atoms with Crippen molar-refractivity contribution in [1.82, 2.24) is 0 Å². The third-order valence-electron chi connectivity index (χ3n) is 2.26. The molecule has 1 aromatic carbocycles. The predicted molar refractivity (Wildman–Crippen MR) is 59.7 cm³/mol. The molecule has 1 heterocycles. The lowest BCUT2D eigenvalue weighted by atomic mass is 10.0. The second-order valence-electron chi connectivity index (χ2n) is 3.24. The molecule has 0 bridgehead atoms. The zero-order valence-electron chi connectivity index (χ0n) is 8.07. The fourth-order valence-electron chi connectivity index (χ4n) is 1.50. The van der Waals surface area contributed by atoms with E-state index < -0.39 is 11.9 Å². The molecule has 1 N–H and O–H groups in total. The van der Waals surface area contributed by atoms with Crippen LogP contribution in [0.3, 0.4) is 0 Å². The Labute approximate surface area is 99.7 Å². The summed E-state index contributed by atoms with van der Waals surface area (Å²) in [6.45, 7) is 0.0160. The number of aliphatic carboxylic acids is 1. The highest BCUT2D eigenvalue weighted by Gasteiger charge is 2.31. The smallest absolute Gasteiger partial charge is 0.346 e. The summed E-state index contributed by atoms with van der Waals surface area (Å²) in [5.41, 5.74) is 0.832. The lowest BCUT2D eigenvalue weighted by Gasteiger charge is -2.01. The molecular weight excluding hydrogens is 276 g/mol. The summed E-state index contributed by atoms with van der Waals surface area (Å²) in [6.07, 6.45) is 0. The van der Waals surface area contributed by atoms with Crippen molar-refractivity contribution < 1.29 is 19.4 Å². The Morgan fingerprint density at radius 3 is 2.50 bits per heavy atom. The van der Waals surface area contributed by atoms with Gasteiger partial charge in [-0.2, -0.15) is 0 Å². The van der Waals surface area contributed by atoms with Gasteiger partial charge in [-0.25, -0.2) is 9.59 Å². The van der Waals surface area contributed by atoms with Gasteiger partial charge in [-0.3, -0.25) is 0 Å². The normalized spacial score (nSPS) is 15.2. The van der Waals surface area contributed by atoms with Crippen molar-refractivity contribution in [3.63, 3.8) is 0 Å². The maximum Gasteiger partial charge on any atom is 0.346 e. The molecule has 5 heteroatoms. The van der Waals surface area contributed by atoms with Gasteiger partial charge in [0.05, 0.1) is 0 Å². The minimum Gasteiger partial charge on any atom is -0.477 e. The largest absolute Gasteiger partial charge is 0.477 e. The first-order valence-corrected chi connectivity index (χ1v) is 5.28. The average Bonchev–Trinajstić information content (AvgIpc) is 2.61. The third kappa shape index (κ3) is 1.86. The molecule has 0 radical (unpaired) electrons. The predicted octanol–water partition coefficient (Wildman–Crippen LogP) is 1.84. The van der Waals surface area contributed by atoms with Crippen LogP contribution in [0.5, 0.6) is 0 Å². The van der Waals surface area contributed by atoms with Crippen LogP contribution in [0.25, 0.3) is 5.57 Å². The first-order chi connectivity index (χ1) is 7.59. The lowest BCUT2D eigenvalue weighted by Crippen LogP contribution is -2.09. The number of cyclic esters (lactones) is 1. The number of carboxylic acids is 1. The molecule has 1 aliphatic rings.